The van der Waals surface area contributed by atoms with Crippen LogP contribution in [0.2, 0.25) is 23.3 Å². The molecule has 1 aliphatic carbocycles. The molecule has 0 saturated heterocycles. The Morgan fingerprint density at radius 2 is 2.07 bits per heavy atom. The van der Waals surface area contributed by atoms with Crippen LogP contribution in [0.1, 0.15) is 40.2 Å². The van der Waals surface area contributed by atoms with E-state index < -0.39 is 19.8 Å². The molecule has 5 nitrogen and oxygen atoms in total. The van der Waals surface area contributed by atoms with Crippen LogP contribution in [-0.2, 0) is 4.43 Å². The number of halogens is 1. The number of rotatable bonds is 4. The normalized spacial score (nSPS) is 29.4. The van der Waals surface area contributed by atoms with Crippen LogP contribution in [0.5, 0.6) is 0 Å². The summed E-state index contributed by atoms with van der Waals surface area (Å²) in [6.07, 6.45) is 5.06. The highest BCUT2D eigenvalue weighted by Crippen LogP contribution is 2.50. The maximum atomic E-state index is 11.2. The summed E-state index contributed by atoms with van der Waals surface area (Å²) in [6.45, 7) is 17.1. The van der Waals surface area contributed by atoms with Crippen molar-refractivity contribution in [2.75, 3.05) is 0 Å². The van der Waals surface area contributed by atoms with E-state index in [2.05, 4.69) is 55.0 Å². The van der Waals surface area contributed by atoms with Crippen molar-refractivity contribution >= 4 is 31.0 Å². The van der Waals surface area contributed by atoms with Crippen LogP contribution in [0.3, 0.4) is 0 Å². The van der Waals surface area contributed by atoms with E-state index in [1.165, 1.54) is 6.33 Å². The minimum atomic E-state index is -2.09. The van der Waals surface area contributed by atoms with Crippen molar-refractivity contribution in [1.82, 2.24) is 14.5 Å². The lowest BCUT2D eigenvalue weighted by molar-refractivity contribution is -0.000140. The average Bonchev–Trinajstić information content (AvgIpc) is 3.10. The predicted molar refractivity (Wildman–Crippen MR) is 113 cm³/mol. The lowest BCUT2D eigenvalue weighted by Crippen LogP contribution is -2.48. The lowest BCUT2D eigenvalue weighted by atomic mass is 9.86. The number of hydrogen-bond acceptors (Lipinski definition) is 4. The van der Waals surface area contributed by atoms with Gasteiger partial charge in [0.25, 0.3) is 0 Å². The molecule has 1 aliphatic rings. The van der Waals surface area contributed by atoms with Gasteiger partial charge in [-0.2, -0.15) is 0 Å². The van der Waals surface area contributed by atoms with Crippen molar-refractivity contribution in [1.29, 1.82) is 0 Å². The molecule has 0 amide bonds. The van der Waals surface area contributed by atoms with Gasteiger partial charge in [-0.05, 0) is 30.6 Å². The minimum absolute atomic E-state index is 0.0503. The van der Waals surface area contributed by atoms with Gasteiger partial charge < -0.3 is 14.1 Å². The number of aliphatic hydroxyl groups excluding tert-OH is 1. The van der Waals surface area contributed by atoms with E-state index in [0.717, 1.165) is 17.5 Å². The topological polar surface area (TPSA) is 60.2 Å². The van der Waals surface area contributed by atoms with Crippen molar-refractivity contribution in [3.8, 4) is 0 Å². The van der Waals surface area contributed by atoms with Gasteiger partial charge in [-0.25, -0.2) is 9.97 Å². The molecule has 0 spiro atoms. The number of nitrogens with zero attached hydrogens (tertiary/aromatic N) is 3. The summed E-state index contributed by atoms with van der Waals surface area (Å²) in [5.74, 6) is 0. The monoisotopic (exact) mass is 407 g/mol. The van der Waals surface area contributed by atoms with Gasteiger partial charge in [0.05, 0.1) is 23.6 Å². The number of fused-ring (bicyclic) bond motifs is 1. The van der Waals surface area contributed by atoms with Crippen LogP contribution < -0.4 is 0 Å². The first-order valence-electron chi connectivity index (χ1n) is 9.38. The molecule has 0 aliphatic heterocycles. The highest BCUT2D eigenvalue weighted by Gasteiger charge is 2.53. The summed E-state index contributed by atoms with van der Waals surface area (Å²) >= 11 is 6.24. The second-order valence-corrected chi connectivity index (χ2v) is 14.5. The SMILES string of the molecule is C=C[C@@]1(C)C[C@@H](n2ccc3c(Cl)ncnc32)[C@H](O[Si](C)(C)C(C)(C)C)[C@@H]1O. The largest absolute Gasteiger partial charge is 0.409 e. The first-order chi connectivity index (χ1) is 12.4. The van der Waals surface area contributed by atoms with Crippen LogP contribution in [0.4, 0.5) is 0 Å². The van der Waals surface area contributed by atoms with Gasteiger partial charge in [0.1, 0.15) is 17.1 Å². The molecule has 1 N–H and O–H groups in total. The summed E-state index contributed by atoms with van der Waals surface area (Å²) < 4.78 is 8.81. The maximum Gasteiger partial charge on any atom is 0.192 e. The molecule has 2 aromatic heterocycles. The van der Waals surface area contributed by atoms with Crippen molar-refractivity contribution in [2.24, 2.45) is 5.41 Å². The van der Waals surface area contributed by atoms with Crippen molar-refractivity contribution in [3.63, 3.8) is 0 Å². The van der Waals surface area contributed by atoms with Gasteiger partial charge >= 0.3 is 0 Å². The predicted octanol–water partition coefficient (Wildman–Crippen LogP) is 4.97. The fourth-order valence-electron chi connectivity index (χ4n) is 3.60. The van der Waals surface area contributed by atoms with Gasteiger partial charge in [-0.15, -0.1) is 6.58 Å². The molecule has 4 atom stereocenters. The zero-order valence-corrected chi connectivity index (χ0v) is 18.8. The van der Waals surface area contributed by atoms with E-state index in [0.29, 0.717) is 5.15 Å². The molecule has 27 heavy (non-hydrogen) atoms. The Hall–Kier alpha value is -1.21. The molecule has 2 heterocycles. The van der Waals surface area contributed by atoms with E-state index in [9.17, 15) is 5.11 Å². The third kappa shape index (κ3) is 3.37. The number of aromatic nitrogens is 3. The molecule has 148 valence electrons. The van der Waals surface area contributed by atoms with Crippen molar-refractivity contribution in [3.05, 3.63) is 36.4 Å². The van der Waals surface area contributed by atoms with Crippen LogP contribution in [0, 0.1) is 5.41 Å². The van der Waals surface area contributed by atoms with Crippen LogP contribution in [-0.4, -0.2) is 40.2 Å². The molecule has 7 heteroatoms. The molecule has 1 saturated carbocycles. The summed E-state index contributed by atoms with van der Waals surface area (Å²) in [4.78, 5) is 8.51. The number of aliphatic hydroxyl groups is 1. The molecule has 0 bridgehead atoms. The van der Waals surface area contributed by atoms with Crippen molar-refractivity contribution < 1.29 is 9.53 Å². The zero-order valence-electron chi connectivity index (χ0n) is 17.0. The quantitative estimate of drug-likeness (QED) is 0.441. The summed E-state index contributed by atoms with van der Waals surface area (Å²) in [6, 6.07) is 1.87. The minimum Gasteiger partial charge on any atom is -0.409 e. The molecule has 1 fully saturated rings. The maximum absolute atomic E-state index is 11.2. The Labute approximate surface area is 167 Å². The van der Waals surface area contributed by atoms with E-state index in [1.807, 2.05) is 25.3 Å². The Balaban J connectivity index is 2.08. The first-order valence-corrected chi connectivity index (χ1v) is 12.7. The van der Waals surface area contributed by atoms with Gasteiger partial charge in [0.15, 0.2) is 8.32 Å². The van der Waals surface area contributed by atoms with Gasteiger partial charge in [0, 0.05) is 11.6 Å². The molecule has 0 radical (unpaired) electrons. The van der Waals surface area contributed by atoms with E-state index in [4.69, 9.17) is 16.0 Å². The van der Waals surface area contributed by atoms with Crippen molar-refractivity contribution in [2.45, 2.75) is 70.5 Å². The summed E-state index contributed by atoms with van der Waals surface area (Å²) in [7, 11) is -2.09. The Bertz CT molecular complexity index is 861. The average molecular weight is 408 g/mol. The van der Waals surface area contributed by atoms with Crippen LogP contribution in [0.15, 0.2) is 31.2 Å². The Morgan fingerprint density at radius 3 is 2.67 bits per heavy atom. The van der Waals surface area contributed by atoms with Crippen LogP contribution in [0.25, 0.3) is 11.0 Å². The first kappa shape index (κ1) is 20.5. The molecular weight excluding hydrogens is 378 g/mol. The zero-order chi connectivity index (χ0) is 20.2. The third-order valence-corrected chi connectivity index (χ3v) is 11.3. The Morgan fingerprint density at radius 1 is 1.41 bits per heavy atom. The third-order valence-electron chi connectivity index (χ3n) is 6.54. The van der Waals surface area contributed by atoms with E-state index in [1.54, 1.807) is 0 Å². The summed E-state index contributed by atoms with van der Waals surface area (Å²) in [5, 5.41) is 12.5. The number of hydrogen-bond donors (Lipinski definition) is 1. The second kappa shape index (κ2) is 6.69. The molecule has 2 aromatic rings. The molecule has 3 rings (SSSR count). The molecule has 0 unspecified atom stereocenters. The fraction of sp³-hybridized carbons (Fsp3) is 0.600. The van der Waals surface area contributed by atoms with Gasteiger partial charge in [0.2, 0.25) is 0 Å². The highest BCUT2D eigenvalue weighted by atomic mass is 35.5. The standard InChI is InChI=1S/C20H30ClN3O2Si/c1-8-20(5)11-14(15(16(20)25)26-27(6,7)19(2,3)4)24-10-9-13-17(21)22-12-23-18(13)24/h8-10,12,14-16,25H,1,11H2,2-7H3/t14-,15+,16+,20+/m1/s1. The second-order valence-electron chi connectivity index (χ2n) is 9.39. The highest BCUT2D eigenvalue weighted by molar-refractivity contribution is 6.74. The van der Waals surface area contributed by atoms with E-state index in [-0.39, 0.29) is 17.2 Å². The smallest absolute Gasteiger partial charge is 0.192 e. The van der Waals surface area contributed by atoms with E-state index >= 15 is 0 Å². The molecule has 0 aromatic carbocycles. The van der Waals surface area contributed by atoms with Gasteiger partial charge in [-0.1, -0.05) is 45.4 Å². The molecular formula is C20H30ClN3O2Si. The lowest BCUT2D eigenvalue weighted by Gasteiger charge is -2.41. The Kier molecular flexibility index (Phi) is 5.08. The van der Waals surface area contributed by atoms with Gasteiger partial charge in [-0.3, -0.25) is 0 Å². The van der Waals surface area contributed by atoms with Crippen LogP contribution >= 0.6 is 11.6 Å². The summed E-state index contributed by atoms with van der Waals surface area (Å²) in [5.41, 5.74) is 0.342. The fourth-order valence-corrected chi connectivity index (χ4v) is 5.11.